The van der Waals surface area contributed by atoms with Crippen LogP contribution < -0.4 is 5.73 Å². The molecule has 1 aromatic carbocycles. The van der Waals surface area contributed by atoms with E-state index < -0.39 is 0 Å². The highest BCUT2D eigenvalue weighted by molar-refractivity contribution is 5.14. The molecule has 0 heterocycles. The summed E-state index contributed by atoms with van der Waals surface area (Å²) in [7, 11) is 0. The van der Waals surface area contributed by atoms with E-state index in [-0.39, 0.29) is 0 Å². The monoisotopic (exact) mass is 223 g/mol. The molecule has 0 aliphatic rings. The third kappa shape index (κ3) is 6.56. The fourth-order valence-electron chi connectivity index (χ4n) is 1.43. The first-order valence-corrected chi connectivity index (χ1v) is 5.83. The van der Waals surface area contributed by atoms with Gasteiger partial charge in [0, 0.05) is 13.2 Å². The lowest BCUT2D eigenvalue weighted by molar-refractivity contribution is 0.0499. The first-order valence-electron chi connectivity index (χ1n) is 5.83. The quantitative estimate of drug-likeness (QED) is 0.647. The molecule has 0 aliphatic heterocycles. The van der Waals surface area contributed by atoms with E-state index in [4.69, 9.17) is 15.2 Å². The van der Waals surface area contributed by atoms with Gasteiger partial charge in [-0.15, -0.1) is 0 Å². The summed E-state index contributed by atoms with van der Waals surface area (Å²) in [5, 5.41) is 0. The molecular weight excluding hydrogens is 202 g/mol. The molecule has 16 heavy (non-hydrogen) atoms. The van der Waals surface area contributed by atoms with Gasteiger partial charge < -0.3 is 15.2 Å². The van der Waals surface area contributed by atoms with Crippen LogP contribution >= 0.6 is 0 Å². The Hall–Kier alpha value is -0.900. The van der Waals surface area contributed by atoms with Gasteiger partial charge in [-0.3, -0.25) is 0 Å². The van der Waals surface area contributed by atoms with Crippen LogP contribution in [0.25, 0.3) is 0 Å². The zero-order valence-electron chi connectivity index (χ0n) is 9.73. The minimum atomic E-state index is 0.577. The van der Waals surface area contributed by atoms with E-state index in [1.54, 1.807) is 0 Å². The van der Waals surface area contributed by atoms with E-state index in [1.165, 1.54) is 5.56 Å². The van der Waals surface area contributed by atoms with Crippen molar-refractivity contribution in [2.45, 2.75) is 12.8 Å². The van der Waals surface area contributed by atoms with Crippen molar-refractivity contribution in [2.75, 3.05) is 33.0 Å². The zero-order chi connectivity index (χ0) is 11.5. The minimum Gasteiger partial charge on any atom is -0.379 e. The fourth-order valence-corrected chi connectivity index (χ4v) is 1.43. The Bertz CT molecular complexity index is 251. The second-order valence-electron chi connectivity index (χ2n) is 3.60. The maximum Gasteiger partial charge on any atom is 0.0701 e. The normalized spacial score (nSPS) is 10.6. The molecule has 0 saturated heterocycles. The van der Waals surface area contributed by atoms with Gasteiger partial charge in [0.2, 0.25) is 0 Å². The maximum atomic E-state index is 5.44. The van der Waals surface area contributed by atoms with Gasteiger partial charge in [-0.25, -0.2) is 0 Å². The maximum absolute atomic E-state index is 5.44. The molecule has 0 bridgehead atoms. The lowest BCUT2D eigenvalue weighted by atomic mass is 10.1. The van der Waals surface area contributed by atoms with Gasteiger partial charge in [-0.1, -0.05) is 30.3 Å². The average molecular weight is 223 g/mol. The third-order valence-electron chi connectivity index (χ3n) is 2.23. The van der Waals surface area contributed by atoms with Crippen LogP contribution in [-0.2, 0) is 15.9 Å². The van der Waals surface area contributed by atoms with Crippen molar-refractivity contribution in [3.8, 4) is 0 Å². The number of ether oxygens (including phenoxy) is 2. The van der Waals surface area contributed by atoms with Gasteiger partial charge in [0.05, 0.1) is 19.8 Å². The van der Waals surface area contributed by atoms with Crippen LogP contribution in [0, 0.1) is 0 Å². The van der Waals surface area contributed by atoms with Crippen LogP contribution in [0.3, 0.4) is 0 Å². The molecule has 0 fully saturated rings. The van der Waals surface area contributed by atoms with Crippen LogP contribution in [0.15, 0.2) is 30.3 Å². The average Bonchev–Trinajstić information content (AvgIpc) is 2.34. The summed E-state index contributed by atoms with van der Waals surface area (Å²) in [6, 6.07) is 10.5. The molecule has 0 spiro atoms. The predicted molar refractivity (Wildman–Crippen MR) is 65.5 cm³/mol. The first-order chi connectivity index (χ1) is 7.93. The predicted octanol–water partition coefficient (Wildman–Crippen LogP) is 1.61. The van der Waals surface area contributed by atoms with E-state index >= 15 is 0 Å². The topological polar surface area (TPSA) is 44.5 Å². The van der Waals surface area contributed by atoms with E-state index in [1.807, 2.05) is 6.07 Å². The van der Waals surface area contributed by atoms with Gasteiger partial charge in [0.15, 0.2) is 0 Å². The Morgan fingerprint density at radius 3 is 2.25 bits per heavy atom. The van der Waals surface area contributed by atoms with Crippen molar-refractivity contribution >= 4 is 0 Å². The highest BCUT2D eigenvalue weighted by Gasteiger charge is 1.92. The summed E-state index contributed by atoms with van der Waals surface area (Å²) in [6.07, 6.45) is 2.13. The Morgan fingerprint density at radius 2 is 1.56 bits per heavy atom. The van der Waals surface area contributed by atoms with Gasteiger partial charge in [-0.05, 0) is 18.4 Å². The number of hydrogen-bond acceptors (Lipinski definition) is 3. The molecule has 0 saturated carbocycles. The molecule has 0 aromatic heterocycles. The van der Waals surface area contributed by atoms with Gasteiger partial charge >= 0.3 is 0 Å². The third-order valence-corrected chi connectivity index (χ3v) is 2.23. The van der Waals surface area contributed by atoms with E-state index in [0.717, 1.165) is 19.4 Å². The number of hydrogen-bond donors (Lipinski definition) is 1. The number of benzene rings is 1. The fraction of sp³-hybridized carbons (Fsp3) is 0.538. The summed E-state index contributed by atoms with van der Waals surface area (Å²) < 4.78 is 10.6. The molecular formula is C13H21NO2. The van der Waals surface area contributed by atoms with E-state index in [9.17, 15) is 0 Å². The number of rotatable bonds is 9. The van der Waals surface area contributed by atoms with Gasteiger partial charge in [0.25, 0.3) is 0 Å². The van der Waals surface area contributed by atoms with E-state index in [0.29, 0.717) is 26.4 Å². The van der Waals surface area contributed by atoms with Crippen molar-refractivity contribution in [3.63, 3.8) is 0 Å². The molecule has 1 aromatic rings. The SMILES string of the molecule is NCCOCCOCCCc1ccccc1. The largest absolute Gasteiger partial charge is 0.379 e. The Morgan fingerprint density at radius 1 is 0.875 bits per heavy atom. The Labute approximate surface area is 97.6 Å². The Balaban J connectivity index is 1.89. The van der Waals surface area contributed by atoms with Crippen molar-refractivity contribution in [1.29, 1.82) is 0 Å². The summed E-state index contributed by atoms with van der Waals surface area (Å²) in [5.41, 5.74) is 6.66. The molecule has 0 atom stereocenters. The molecule has 0 unspecified atom stereocenters. The molecule has 0 radical (unpaired) electrons. The van der Waals surface area contributed by atoms with Crippen LogP contribution in [0.4, 0.5) is 0 Å². The second-order valence-corrected chi connectivity index (χ2v) is 3.60. The summed E-state index contributed by atoms with van der Waals surface area (Å²) in [5.74, 6) is 0. The second kappa shape index (κ2) is 9.33. The molecule has 1 rings (SSSR count). The van der Waals surface area contributed by atoms with Crippen LogP contribution in [0.1, 0.15) is 12.0 Å². The standard InChI is InChI=1S/C13H21NO2/c14-8-10-16-12-11-15-9-4-7-13-5-2-1-3-6-13/h1-3,5-6H,4,7-12,14H2. The van der Waals surface area contributed by atoms with Gasteiger partial charge in [0.1, 0.15) is 0 Å². The summed E-state index contributed by atoms with van der Waals surface area (Å²) in [4.78, 5) is 0. The lowest BCUT2D eigenvalue weighted by Gasteiger charge is -2.05. The lowest BCUT2D eigenvalue weighted by Crippen LogP contribution is -2.12. The van der Waals surface area contributed by atoms with Crippen LogP contribution in [0.2, 0.25) is 0 Å². The van der Waals surface area contributed by atoms with Crippen LogP contribution in [-0.4, -0.2) is 33.0 Å². The Kier molecular flexibility index (Phi) is 7.68. The molecule has 2 N–H and O–H groups in total. The van der Waals surface area contributed by atoms with E-state index in [2.05, 4.69) is 24.3 Å². The smallest absolute Gasteiger partial charge is 0.0701 e. The van der Waals surface area contributed by atoms with Crippen molar-refractivity contribution in [1.82, 2.24) is 0 Å². The van der Waals surface area contributed by atoms with Crippen molar-refractivity contribution in [2.24, 2.45) is 5.73 Å². The number of aryl methyl sites for hydroxylation is 1. The summed E-state index contributed by atoms with van der Waals surface area (Å²) in [6.45, 7) is 3.29. The minimum absolute atomic E-state index is 0.577. The van der Waals surface area contributed by atoms with Crippen molar-refractivity contribution < 1.29 is 9.47 Å². The first kappa shape index (κ1) is 13.2. The molecule has 3 heteroatoms. The summed E-state index contributed by atoms with van der Waals surface area (Å²) >= 11 is 0. The van der Waals surface area contributed by atoms with Crippen LogP contribution in [0.5, 0.6) is 0 Å². The molecule has 0 aliphatic carbocycles. The highest BCUT2D eigenvalue weighted by atomic mass is 16.5. The molecule has 0 amide bonds. The van der Waals surface area contributed by atoms with Crippen molar-refractivity contribution in [3.05, 3.63) is 35.9 Å². The zero-order valence-corrected chi connectivity index (χ0v) is 9.73. The highest BCUT2D eigenvalue weighted by Crippen LogP contribution is 2.02. The molecule has 90 valence electrons. The number of nitrogens with two attached hydrogens (primary N) is 1. The molecule has 3 nitrogen and oxygen atoms in total. The van der Waals surface area contributed by atoms with Gasteiger partial charge in [-0.2, -0.15) is 0 Å².